The number of benzene rings is 2. The summed E-state index contributed by atoms with van der Waals surface area (Å²) in [6.45, 7) is 0.307. The number of ether oxygens (including phenoxy) is 1. The van der Waals surface area contributed by atoms with Crippen LogP contribution in [0.15, 0.2) is 54.6 Å². The average Bonchev–Trinajstić information content (AvgIpc) is 2.98. The zero-order chi connectivity index (χ0) is 18.4. The lowest BCUT2D eigenvalue weighted by atomic mass is 10.2. The molecule has 134 valence electrons. The first kappa shape index (κ1) is 17.5. The molecule has 0 unspecified atom stereocenters. The van der Waals surface area contributed by atoms with Gasteiger partial charge in [-0.15, -0.1) is 0 Å². The van der Waals surface area contributed by atoms with E-state index in [1.54, 1.807) is 0 Å². The zero-order valence-electron chi connectivity index (χ0n) is 14.1. The first-order valence-electron chi connectivity index (χ1n) is 8.23. The number of amides is 4. The maximum absolute atomic E-state index is 12.0. The van der Waals surface area contributed by atoms with E-state index in [0.717, 1.165) is 16.0 Å². The van der Waals surface area contributed by atoms with Crippen LogP contribution in [0, 0.1) is 0 Å². The minimum atomic E-state index is -0.545. The first-order valence-corrected chi connectivity index (χ1v) is 8.23. The summed E-state index contributed by atoms with van der Waals surface area (Å²) < 4.78 is 5.84. The molecule has 1 heterocycles. The van der Waals surface area contributed by atoms with Gasteiger partial charge in [-0.2, -0.15) is 0 Å². The van der Waals surface area contributed by atoms with Crippen molar-refractivity contribution in [3.63, 3.8) is 0 Å². The third kappa shape index (κ3) is 4.38. The Balaban J connectivity index is 1.55. The van der Waals surface area contributed by atoms with E-state index in [-0.39, 0.29) is 19.6 Å². The Labute approximate surface area is 150 Å². The zero-order valence-corrected chi connectivity index (χ0v) is 14.1. The maximum Gasteiger partial charge on any atom is 0.325 e. The van der Waals surface area contributed by atoms with Gasteiger partial charge in [0.15, 0.2) is 0 Å². The van der Waals surface area contributed by atoms with Crippen LogP contribution in [0.4, 0.5) is 4.79 Å². The average molecular weight is 353 g/mol. The number of carbonyl (C=O) groups excluding carboxylic acids is 3. The first-order chi connectivity index (χ1) is 12.6. The van der Waals surface area contributed by atoms with E-state index >= 15 is 0 Å². The molecule has 26 heavy (non-hydrogen) atoms. The fraction of sp³-hybridized carbons (Fsp3) is 0.211. The molecule has 2 aromatic carbocycles. The molecule has 0 saturated carbocycles. The van der Waals surface area contributed by atoms with Crippen molar-refractivity contribution in [3.8, 4) is 5.75 Å². The molecule has 3 rings (SSSR count). The fourth-order valence-corrected chi connectivity index (χ4v) is 2.53. The second kappa shape index (κ2) is 8.15. The Hall–Kier alpha value is -3.35. The van der Waals surface area contributed by atoms with Crippen LogP contribution in [-0.4, -0.2) is 35.8 Å². The molecular formula is C19H19N3O4. The molecule has 7 heteroatoms. The molecule has 0 atom stereocenters. The van der Waals surface area contributed by atoms with Crippen LogP contribution in [0.2, 0.25) is 0 Å². The summed E-state index contributed by atoms with van der Waals surface area (Å²) in [6, 6.07) is 16.6. The number of para-hydroxylation sites is 1. The molecular weight excluding hydrogens is 334 g/mol. The smallest absolute Gasteiger partial charge is 0.325 e. The van der Waals surface area contributed by atoms with Crippen molar-refractivity contribution < 1.29 is 19.1 Å². The summed E-state index contributed by atoms with van der Waals surface area (Å²) in [4.78, 5) is 35.9. The van der Waals surface area contributed by atoms with Crippen molar-refractivity contribution in [1.29, 1.82) is 0 Å². The van der Waals surface area contributed by atoms with Crippen molar-refractivity contribution in [2.24, 2.45) is 0 Å². The van der Waals surface area contributed by atoms with Crippen molar-refractivity contribution in [1.82, 2.24) is 15.5 Å². The molecule has 2 N–H and O–H groups in total. The lowest BCUT2D eigenvalue weighted by Gasteiger charge is -2.14. The van der Waals surface area contributed by atoms with E-state index in [0.29, 0.717) is 12.4 Å². The molecule has 0 spiro atoms. The highest BCUT2D eigenvalue weighted by atomic mass is 16.5. The SMILES string of the molecule is O=C(CN1C(=O)CNC1=O)NCc1ccccc1OCc1ccccc1. The number of rotatable bonds is 7. The molecule has 7 nitrogen and oxygen atoms in total. The largest absolute Gasteiger partial charge is 0.489 e. The van der Waals surface area contributed by atoms with E-state index in [1.807, 2.05) is 54.6 Å². The predicted molar refractivity (Wildman–Crippen MR) is 94.2 cm³/mol. The van der Waals surface area contributed by atoms with Crippen LogP contribution in [0.5, 0.6) is 5.75 Å². The molecule has 1 fully saturated rings. The fourth-order valence-electron chi connectivity index (χ4n) is 2.53. The number of hydrogen-bond acceptors (Lipinski definition) is 4. The van der Waals surface area contributed by atoms with Crippen LogP contribution >= 0.6 is 0 Å². The summed E-state index contributed by atoms with van der Waals surface area (Å²) in [5, 5.41) is 5.09. The summed E-state index contributed by atoms with van der Waals surface area (Å²) in [7, 11) is 0. The number of carbonyl (C=O) groups is 3. The van der Waals surface area contributed by atoms with Gasteiger partial charge >= 0.3 is 6.03 Å². The van der Waals surface area contributed by atoms with Crippen LogP contribution < -0.4 is 15.4 Å². The molecule has 1 aliphatic heterocycles. The number of hydrogen-bond donors (Lipinski definition) is 2. The monoisotopic (exact) mass is 353 g/mol. The van der Waals surface area contributed by atoms with Crippen molar-refractivity contribution in [2.75, 3.05) is 13.1 Å². The molecule has 0 radical (unpaired) electrons. The van der Waals surface area contributed by atoms with Gasteiger partial charge in [0.05, 0.1) is 6.54 Å². The molecule has 0 bridgehead atoms. The Morgan fingerprint density at radius 2 is 1.81 bits per heavy atom. The number of nitrogens with one attached hydrogen (secondary N) is 2. The lowest BCUT2D eigenvalue weighted by Crippen LogP contribution is -2.40. The third-order valence-electron chi connectivity index (χ3n) is 3.92. The molecule has 4 amide bonds. The van der Waals surface area contributed by atoms with Gasteiger partial charge in [-0.25, -0.2) is 4.79 Å². The summed E-state index contributed by atoms with van der Waals surface area (Å²) in [6.07, 6.45) is 0. The van der Waals surface area contributed by atoms with E-state index in [4.69, 9.17) is 4.74 Å². The van der Waals surface area contributed by atoms with Gasteiger partial charge < -0.3 is 15.4 Å². The van der Waals surface area contributed by atoms with Gasteiger partial charge in [0.2, 0.25) is 5.91 Å². The second-order valence-electron chi connectivity index (χ2n) is 5.80. The van der Waals surface area contributed by atoms with E-state index in [1.165, 1.54) is 0 Å². The Morgan fingerprint density at radius 3 is 2.54 bits per heavy atom. The van der Waals surface area contributed by atoms with Gasteiger partial charge in [-0.05, 0) is 11.6 Å². The topological polar surface area (TPSA) is 87.7 Å². The highest BCUT2D eigenvalue weighted by molar-refractivity contribution is 6.04. The van der Waals surface area contributed by atoms with Crippen LogP contribution in [-0.2, 0) is 22.7 Å². The Morgan fingerprint density at radius 1 is 1.08 bits per heavy atom. The highest BCUT2D eigenvalue weighted by Crippen LogP contribution is 2.19. The van der Waals surface area contributed by atoms with Gasteiger partial charge in [0.1, 0.15) is 18.9 Å². The molecule has 0 aliphatic carbocycles. The summed E-state index contributed by atoms with van der Waals surface area (Å²) >= 11 is 0. The number of urea groups is 1. The second-order valence-corrected chi connectivity index (χ2v) is 5.80. The quantitative estimate of drug-likeness (QED) is 0.737. The van der Waals surface area contributed by atoms with Gasteiger partial charge in [0, 0.05) is 12.1 Å². The molecule has 2 aromatic rings. The summed E-state index contributed by atoms with van der Waals surface area (Å²) in [5.41, 5.74) is 1.86. The molecule has 0 aromatic heterocycles. The van der Waals surface area contributed by atoms with Crippen molar-refractivity contribution in [2.45, 2.75) is 13.2 Å². The third-order valence-corrected chi connectivity index (χ3v) is 3.92. The minimum Gasteiger partial charge on any atom is -0.489 e. The normalized spacial score (nSPS) is 13.5. The minimum absolute atomic E-state index is 0.0672. The summed E-state index contributed by atoms with van der Waals surface area (Å²) in [5.74, 6) is -0.142. The van der Waals surface area contributed by atoms with Gasteiger partial charge in [-0.1, -0.05) is 48.5 Å². The standard InChI is InChI=1S/C19H19N3O4/c23-17(12-22-18(24)11-21-19(22)25)20-10-15-8-4-5-9-16(15)26-13-14-6-2-1-3-7-14/h1-9H,10-13H2,(H,20,23)(H,21,25). The van der Waals surface area contributed by atoms with Crippen LogP contribution in [0.3, 0.4) is 0 Å². The van der Waals surface area contributed by atoms with E-state index < -0.39 is 17.8 Å². The van der Waals surface area contributed by atoms with Crippen molar-refractivity contribution >= 4 is 17.8 Å². The van der Waals surface area contributed by atoms with Gasteiger partial charge in [0.25, 0.3) is 5.91 Å². The lowest BCUT2D eigenvalue weighted by molar-refractivity contribution is -0.130. The Kier molecular flexibility index (Phi) is 5.48. The highest BCUT2D eigenvalue weighted by Gasteiger charge is 2.29. The van der Waals surface area contributed by atoms with Gasteiger partial charge in [-0.3, -0.25) is 14.5 Å². The van der Waals surface area contributed by atoms with Crippen molar-refractivity contribution in [3.05, 3.63) is 65.7 Å². The molecule has 1 saturated heterocycles. The van der Waals surface area contributed by atoms with Crippen LogP contribution in [0.1, 0.15) is 11.1 Å². The number of nitrogens with zero attached hydrogens (tertiary/aromatic N) is 1. The maximum atomic E-state index is 12.0. The van der Waals surface area contributed by atoms with E-state index in [2.05, 4.69) is 10.6 Å². The Bertz CT molecular complexity index is 791. The van der Waals surface area contributed by atoms with E-state index in [9.17, 15) is 14.4 Å². The van der Waals surface area contributed by atoms with Crippen LogP contribution in [0.25, 0.3) is 0 Å². The molecule has 1 aliphatic rings. The predicted octanol–water partition coefficient (Wildman–Crippen LogP) is 1.43. The number of imide groups is 1.